The Bertz CT molecular complexity index is 1180. The summed E-state index contributed by atoms with van der Waals surface area (Å²) in [6.07, 6.45) is 3.86. The summed E-state index contributed by atoms with van der Waals surface area (Å²) >= 11 is 15.6. The van der Waals surface area contributed by atoms with E-state index in [2.05, 4.69) is 15.9 Å². The lowest BCUT2D eigenvalue weighted by Crippen LogP contribution is -2.50. The van der Waals surface area contributed by atoms with Crippen molar-refractivity contribution in [2.24, 2.45) is 0 Å². The fourth-order valence-corrected chi connectivity index (χ4v) is 6.81. The van der Waals surface area contributed by atoms with Crippen molar-refractivity contribution in [3.05, 3.63) is 81.0 Å². The lowest BCUT2D eigenvalue weighted by atomic mass is 10.1. The van der Waals surface area contributed by atoms with Crippen molar-refractivity contribution in [2.75, 3.05) is 26.2 Å². The smallest absolute Gasteiger partial charge is 0.253 e. The molecule has 4 rings (SSSR count). The van der Waals surface area contributed by atoms with E-state index in [4.69, 9.17) is 23.2 Å². The first-order valence-corrected chi connectivity index (χ1v) is 12.4. The van der Waals surface area contributed by atoms with Gasteiger partial charge in [0.25, 0.3) is 5.91 Å². The molecule has 162 valence electrons. The highest BCUT2D eigenvalue weighted by atomic mass is 79.9. The molecule has 0 radical (unpaired) electrons. The van der Waals surface area contributed by atoms with E-state index in [9.17, 15) is 13.2 Å². The van der Waals surface area contributed by atoms with Crippen LogP contribution in [-0.2, 0) is 10.0 Å². The monoisotopic (exact) mass is 541 g/mol. The quantitative estimate of drug-likeness (QED) is 0.480. The van der Waals surface area contributed by atoms with E-state index in [1.165, 1.54) is 16.4 Å². The molecule has 0 N–H and O–H groups in total. The van der Waals surface area contributed by atoms with E-state index in [0.717, 1.165) is 5.69 Å². The zero-order valence-corrected chi connectivity index (χ0v) is 20.1. The molecule has 1 amide bonds. The van der Waals surface area contributed by atoms with Gasteiger partial charge in [0, 0.05) is 54.3 Å². The molecule has 6 nitrogen and oxygen atoms in total. The molecular formula is C21H18BrCl2N3O3S. The van der Waals surface area contributed by atoms with Gasteiger partial charge in [-0.3, -0.25) is 4.79 Å². The second kappa shape index (κ2) is 8.96. The Labute approximate surface area is 199 Å². The van der Waals surface area contributed by atoms with Crippen molar-refractivity contribution >= 4 is 55.1 Å². The first kappa shape index (κ1) is 22.4. The molecule has 0 aliphatic carbocycles. The number of carbonyl (C=O) groups is 1. The summed E-state index contributed by atoms with van der Waals surface area (Å²) in [6, 6.07) is 14.2. The number of aromatic nitrogens is 1. The Morgan fingerprint density at radius 2 is 1.45 bits per heavy atom. The van der Waals surface area contributed by atoms with Crippen LogP contribution < -0.4 is 0 Å². The minimum atomic E-state index is -3.88. The van der Waals surface area contributed by atoms with Crippen molar-refractivity contribution < 1.29 is 13.2 Å². The third kappa shape index (κ3) is 4.54. The van der Waals surface area contributed by atoms with Gasteiger partial charge in [-0.2, -0.15) is 4.31 Å². The maximum Gasteiger partial charge on any atom is 0.253 e. The molecule has 0 atom stereocenters. The first-order chi connectivity index (χ1) is 14.8. The molecule has 0 saturated carbocycles. The van der Waals surface area contributed by atoms with Crippen molar-refractivity contribution in [3.63, 3.8) is 0 Å². The molecule has 31 heavy (non-hydrogen) atoms. The van der Waals surface area contributed by atoms with Gasteiger partial charge in [-0.15, -0.1) is 0 Å². The van der Waals surface area contributed by atoms with Gasteiger partial charge in [0.15, 0.2) is 0 Å². The van der Waals surface area contributed by atoms with Crippen LogP contribution in [0.5, 0.6) is 0 Å². The third-order valence-electron chi connectivity index (χ3n) is 5.10. The van der Waals surface area contributed by atoms with Crippen LogP contribution in [0, 0.1) is 0 Å². The number of carbonyl (C=O) groups excluding carboxylic acids is 1. The van der Waals surface area contributed by atoms with Gasteiger partial charge >= 0.3 is 0 Å². The predicted octanol–water partition coefficient (Wildman–Crippen LogP) is 4.69. The number of sulfonamides is 1. The van der Waals surface area contributed by atoms with E-state index in [-0.39, 0.29) is 47.0 Å². The minimum Gasteiger partial charge on any atom is -0.336 e. The molecule has 10 heteroatoms. The lowest BCUT2D eigenvalue weighted by molar-refractivity contribution is 0.0698. The van der Waals surface area contributed by atoms with Crippen LogP contribution in [0.15, 0.2) is 70.3 Å². The van der Waals surface area contributed by atoms with Crippen molar-refractivity contribution in [2.45, 2.75) is 4.90 Å². The standard InChI is InChI=1S/C21H18BrCl2N3O3S/c22-16-13-18(23)20(19(24)14-16)31(29,30)27-11-9-26(10-12-27)21(28)15-3-5-17(6-4-15)25-7-1-2-8-25/h1-8,13-14H,9-12H2. The van der Waals surface area contributed by atoms with Crippen LogP contribution in [0.3, 0.4) is 0 Å². The molecule has 1 fully saturated rings. The molecule has 1 saturated heterocycles. The van der Waals surface area contributed by atoms with Crippen LogP contribution in [0.4, 0.5) is 0 Å². The van der Waals surface area contributed by atoms with E-state index in [0.29, 0.717) is 10.0 Å². The van der Waals surface area contributed by atoms with E-state index in [1.807, 2.05) is 41.2 Å². The van der Waals surface area contributed by atoms with Crippen molar-refractivity contribution in [1.82, 2.24) is 13.8 Å². The second-order valence-electron chi connectivity index (χ2n) is 7.03. The molecule has 1 aliphatic rings. The molecule has 1 aromatic heterocycles. The number of benzene rings is 2. The molecule has 3 aromatic rings. The average molecular weight is 543 g/mol. The van der Waals surface area contributed by atoms with Gasteiger partial charge < -0.3 is 9.47 Å². The van der Waals surface area contributed by atoms with Gasteiger partial charge in [0.05, 0.1) is 10.0 Å². The largest absolute Gasteiger partial charge is 0.336 e. The molecule has 2 aromatic carbocycles. The minimum absolute atomic E-state index is 0.0562. The maximum atomic E-state index is 13.1. The lowest BCUT2D eigenvalue weighted by Gasteiger charge is -2.34. The number of rotatable bonds is 4. The zero-order valence-electron chi connectivity index (χ0n) is 16.2. The van der Waals surface area contributed by atoms with Gasteiger partial charge in [-0.05, 0) is 48.5 Å². The third-order valence-corrected chi connectivity index (χ3v) is 8.38. The highest BCUT2D eigenvalue weighted by Crippen LogP contribution is 2.35. The van der Waals surface area contributed by atoms with E-state index < -0.39 is 10.0 Å². The van der Waals surface area contributed by atoms with Crippen LogP contribution in [-0.4, -0.2) is 54.3 Å². The van der Waals surface area contributed by atoms with E-state index >= 15 is 0 Å². The van der Waals surface area contributed by atoms with Gasteiger partial charge in [0.1, 0.15) is 4.90 Å². The molecule has 0 spiro atoms. The topological polar surface area (TPSA) is 62.6 Å². The van der Waals surface area contributed by atoms with Crippen LogP contribution >= 0.6 is 39.1 Å². The summed E-state index contributed by atoms with van der Waals surface area (Å²) in [5, 5.41) is 0.112. The van der Waals surface area contributed by atoms with Crippen LogP contribution in [0.2, 0.25) is 10.0 Å². The fourth-order valence-electron chi connectivity index (χ4n) is 3.50. The molecular weight excluding hydrogens is 525 g/mol. The molecule has 0 unspecified atom stereocenters. The molecule has 1 aliphatic heterocycles. The number of hydrogen-bond donors (Lipinski definition) is 0. The number of hydrogen-bond acceptors (Lipinski definition) is 3. The Hall–Kier alpha value is -1.84. The van der Waals surface area contributed by atoms with Gasteiger partial charge in [0.2, 0.25) is 10.0 Å². The summed E-state index contributed by atoms with van der Waals surface area (Å²) in [5.41, 5.74) is 1.52. The number of piperazine rings is 1. The van der Waals surface area contributed by atoms with Gasteiger partial charge in [-0.1, -0.05) is 39.1 Å². The number of nitrogens with zero attached hydrogens (tertiary/aromatic N) is 3. The van der Waals surface area contributed by atoms with E-state index in [1.54, 1.807) is 17.0 Å². The van der Waals surface area contributed by atoms with Crippen molar-refractivity contribution in [3.8, 4) is 5.69 Å². The Kier molecular flexibility index (Phi) is 6.46. The Morgan fingerprint density at radius 3 is 2.00 bits per heavy atom. The van der Waals surface area contributed by atoms with Crippen LogP contribution in [0.1, 0.15) is 10.4 Å². The summed E-state index contributed by atoms with van der Waals surface area (Å²) in [6.45, 7) is 0.892. The molecule has 0 bridgehead atoms. The maximum absolute atomic E-state index is 13.1. The normalized spacial score (nSPS) is 15.3. The van der Waals surface area contributed by atoms with Crippen molar-refractivity contribution in [1.29, 1.82) is 0 Å². The average Bonchev–Trinajstić information content (AvgIpc) is 3.27. The predicted molar refractivity (Wildman–Crippen MR) is 125 cm³/mol. The second-order valence-corrected chi connectivity index (χ2v) is 10.6. The summed E-state index contributed by atoms with van der Waals surface area (Å²) in [4.78, 5) is 14.4. The Morgan fingerprint density at radius 1 is 0.903 bits per heavy atom. The summed E-state index contributed by atoms with van der Waals surface area (Å²) < 4.78 is 30.0. The Balaban J connectivity index is 1.45. The zero-order chi connectivity index (χ0) is 22.2. The summed E-state index contributed by atoms with van der Waals surface area (Å²) in [7, 11) is -3.88. The number of amides is 1. The highest BCUT2D eigenvalue weighted by Gasteiger charge is 2.33. The van der Waals surface area contributed by atoms with Gasteiger partial charge in [-0.25, -0.2) is 8.42 Å². The highest BCUT2D eigenvalue weighted by molar-refractivity contribution is 9.10. The van der Waals surface area contributed by atoms with Crippen LogP contribution in [0.25, 0.3) is 5.69 Å². The fraction of sp³-hybridized carbons (Fsp3) is 0.190. The number of halogens is 3. The molecule has 2 heterocycles. The SMILES string of the molecule is O=C(c1ccc(-n2cccc2)cc1)N1CCN(S(=O)(=O)c2c(Cl)cc(Br)cc2Cl)CC1. The first-order valence-electron chi connectivity index (χ1n) is 9.45. The summed E-state index contributed by atoms with van der Waals surface area (Å²) in [5.74, 6) is -0.129.